The van der Waals surface area contributed by atoms with Crippen LogP contribution in [0.1, 0.15) is 35.2 Å². The molecule has 0 amide bonds. The lowest BCUT2D eigenvalue weighted by Crippen LogP contribution is -2.40. The van der Waals surface area contributed by atoms with Gasteiger partial charge in [0, 0.05) is 36.8 Å². The zero-order valence-corrected chi connectivity index (χ0v) is 28.0. The number of carbonyl (C=O) groups is 1. The number of halogens is 4. The number of fused-ring (bicyclic) bond motifs is 1. The van der Waals surface area contributed by atoms with Crippen LogP contribution >= 0.6 is 57.7 Å². The summed E-state index contributed by atoms with van der Waals surface area (Å²) in [5, 5.41) is 1.99. The maximum atomic E-state index is 14.3. The van der Waals surface area contributed by atoms with Gasteiger partial charge in [0.1, 0.15) is 12.4 Å². The van der Waals surface area contributed by atoms with E-state index in [1.54, 1.807) is 73.7 Å². The number of esters is 1. The van der Waals surface area contributed by atoms with Crippen LogP contribution in [0.2, 0.25) is 20.1 Å². The average molecular weight is 710 g/mol. The minimum atomic E-state index is -0.827. The van der Waals surface area contributed by atoms with E-state index in [1.807, 2.05) is 30.3 Å². The molecule has 6 rings (SSSR count). The maximum Gasteiger partial charge on any atom is 0.338 e. The second kappa shape index (κ2) is 13.9. The first kappa shape index (κ1) is 32.1. The lowest BCUT2D eigenvalue weighted by atomic mass is 9.93. The first-order valence-corrected chi connectivity index (χ1v) is 16.5. The summed E-state index contributed by atoms with van der Waals surface area (Å²) in [5.74, 6) is -0.0709. The molecular weight excluding hydrogens is 686 g/mol. The highest BCUT2D eigenvalue weighted by molar-refractivity contribution is 7.07. The quantitative estimate of drug-likeness (QED) is 0.153. The monoisotopic (exact) mass is 708 g/mol. The third-order valence-corrected chi connectivity index (χ3v) is 9.27. The van der Waals surface area contributed by atoms with E-state index in [0.29, 0.717) is 57.6 Å². The van der Waals surface area contributed by atoms with Crippen LogP contribution in [0.15, 0.2) is 106 Å². The van der Waals surface area contributed by atoms with Crippen molar-refractivity contribution in [3.05, 3.63) is 159 Å². The lowest BCUT2D eigenvalue weighted by Gasteiger charge is -2.25. The molecule has 0 saturated carbocycles. The minimum absolute atomic E-state index is 0.154. The van der Waals surface area contributed by atoms with Gasteiger partial charge in [-0.25, -0.2) is 9.79 Å². The first-order valence-electron chi connectivity index (χ1n) is 14.1. The standard InChI is InChI=1S/C35H24Cl4N2O4S/c1-2-44-34(43)30-31(20-6-4-3-5-7-20)40-35-41(32(30)21-8-11-24(36)12-9-21)33(42)29(46-35)17-23-16-25(37)14-15-28(23)45-19-22-10-13-26(38)18-27(22)39/h3-18,32H,2,19H2,1H3/b29-17-/t32-/m0/s1. The van der Waals surface area contributed by atoms with E-state index in [4.69, 9.17) is 60.9 Å². The average Bonchev–Trinajstić information content (AvgIpc) is 3.35. The highest BCUT2D eigenvalue weighted by atomic mass is 35.5. The summed E-state index contributed by atoms with van der Waals surface area (Å²) in [7, 11) is 0. The van der Waals surface area contributed by atoms with Gasteiger partial charge in [-0.15, -0.1) is 0 Å². The summed E-state index contributed by atoms with van der Waals surface area (Å²) in [6, 6.07) is 25.9. The zero-order valence-electron chi connectivity index (χ0n) is 24.2. The van der Waals surface area contributed by atoms with Crippen LogP contribution < -0.4 is 19.6 Å². The Hall–Kier alpha value is -3.85. The van der Waals surface area contributed by atoms with E-state index in [2.05, 4.69) is 0 Å². The van der Waals surface area contributed by atoms with E-state index in [9.17, 15) is 9.59 Å². The molecule has 0 spiro atoms. The second-order valence-electron chi connectivity index (χ2n) is 10.2. The van der Waals surface area contributed by atoms with E-state index in [-0.39, 0.29) is 24.3 Å². The molecule has 1 aromatic heterocycles. The Balaban J connectivity index is 1.53. The molecule has 2 heterocycles. The van der Waals surface area contributed by atoms with Gasteiger partial charge in [0.2, 0.25) is 0 Å². The third-order valence-electron chi connectivity index (χ3n) is 7.22. The predicted octanol–water partition coefficient (Wildman–Crippen LogP) is 8.13. The largest absolute Gasteiger partial charge is 0.488 e. The molecule has 1 aliphatic rings. The van der Waals surface area contributed by atoms with E-state index < -0.39 is 12.0 Å². The van der Waals surface area contributed by atoms with Crippen LogP contribution in [0.25, 0.3) is 11.8 Å². The van der Waals surface area contributed by atoms with Crippen molar-refractivity contribution >= 4 is 75.5 Å². The van der Waals surface area contributed by atoms with Gasteiger partial charge in [-0.3, -0.25) is 9.36 Å². The molecule has 0 unspecified atom stereocenters. The van der Waals surface area contributed by atoms with Crippen LogP contribution in [0.4, 0.5) is 0 Å². The Bertz CT molecular complexity index is 2160. The highest BCUT2D eigenvalue weighted by Crippen LogP contribution is 2.35. The summed E-state index contributed by atoms with van der Waals surface area (Å²) >= 11 is 26.2. The predicted molar refractivity (Wildman–Crippen MR) is 185 cm³/mol. The molecule has 4 aromatic carbocycles. The number of hydrogen-bond acceptors (Lipinski definition) is 6. The van der Waals surface area contributed by atoms with Gasteiger partial charge in [0.25, 0.3) is 5.56 Å². The number of aromatic nitrogens is 1. The van der Waals surface area contributed by atoms with E-state index >= 15 is 0 Å². The van der Waals surface area contributed by atoms with Crippen LogP contribution in [-0.4, -0.2) is 17.1 Å². The number of carbonyl (C=O) groups excluding carboxylic acids is 1. The van der Waals surface area contributed by atoms with Crippen LogP contribution in [0.3, 0.4) is 0 Å². The SMILES string of the molecule is CCOC(=O)C1=C(c2ccccc2)N=c2s/c(=C\c3cc(Cl)ccc3OCc3ccc(Cl)cc3Cl)c(=O)n2[C@H]1c1ccc(Cl)cc1. The number of nitrogens with zero attached hydrogens (tertiary/aromatic N) is 2. The van der Waals surface area contributed by atoms with Crippen molar-refractivity contribution in [1.29, 1.82) is 0 Å². The van der Waals surface area contributed by atoms with Crippen molar-refractivity contribution in [3.63, 3.8) is 0 Å². The van der Waals surface area contributed by atoms with Crippen LogP contribution in [0, 0.1) is 0 Å². The molecule has 1 aliphatic heterocycles. The van der Waals surface area contributed by atoms with Gasteiger partial charge >= 0.3 is 5.97 Å². The molecule has 46 heavy (non-hydrogen) atoms. The van der Waals surface area contributed by atoms with Gasteiger partial charge in [-0.1, -0.05) is 106 Å². The normalized spacial score (nSPS) is 14.5. The molecule has 1 atom stereocenters. The molecule has 11 heteroatoms. The van der Waals surface area contributed by atoms with Gasteiger partial charge in [-0.2, -0.15) is 0 Å². The smallest absolute Gasteiger partial charge is 0.338 e. The highest BCUT2D eigenvalue weighted by Gasteiger charge is 2.35. The Labute approximate surface area is 288 Å². The number of rotatable bonds is 8. The fraction of sp³-hybridized carbons (Fsp3) is 0.114. The van der Waals surface area contributed by atoms with Gasteiger partial charge in [0.15, 0.2) is 4.80 Å². The first-order chi connectivity index (χ1) is 22.2. The fourth-order valence-corrected chi connectivity index (χ4v) is 6.86. The van der Waals surface area contributed by atoms with E-state index in [0.717, 1.165) is 5.56 Å². The number of thiazole rings is 1. The molecule has 232 valence electrons. The number of benzene rings is 4. The second-order valence-corrected chi connectivity index (χ2v) is 12.9. The molecular formula is C35H24Cl4N2O4S. The molecule has 0 saturated heterocycles. The van der Waals surface area contributed by atoms with Crippen molar-refractivity contribution < 1.29 is 14.3 Å². The molecule has 5 aromatic rings. The van der Waals surface area contributed by atoms with Crippen LogP contribution in [0.5, 0.6) is 5.75 Å². The molecule has 6 nitrogen and oxygen atoms in total. The van der Waals surface area contributed by atoms with Gasteiger partial charge in [0.05, 0.1) is 28.5 Å². The van der Waals surface area contributed by atoms with E-state index in [1.165, 1.54) is 15.9 Å². The molecule has 0 bridgehead atoms. The Morgan fingerprint density at radius 3 is 2.33 bits per heavy atom. The number of ether oxygens (including phenoxy) is 2. The topological polar surface area (TPSA) is 69.9 Å². The molecule has 0 aliphatic carbocycles. The molecule has 0 N–H and O–H groups in total. The Kier molecular flexibility index (Phi) is 9.68. The Morgan fingerprint density at radius 2 is 1.61 bits per heavy atom. The summed E-state index contributed by atoms with van der Waals surface area (Å²) in [5.41, 5.74) is 3.06. The van der Waals surface area contributed by atoms with Crippen molar-refractivity contribution in [3.8, 4) is 5.75 Å². The van der Waals surface area contributed by atoms with Crippen molar-refractivity contribution in [2.24, 2.45) is 4.99 Å². The summed E-state index contributed by atoms with van der Waals surface area (Å²) < 4.78 is 13.6. The summed E-state index contributed by atoms with van der Waals surface area (Å²) in [6.45, 7) is 2.05. The summed E-state index contributed by atoms with van der Waals surface area (Å²) in [6.07, 6.45) is 1.71. The van der Waals surface area contributed by atoms with Crippen molar-refractivity contribution in [2.75, 3.05) is 6.61 Å². The number of hydrogen-bond donors (Lipinski definition) is 0. The fourth-order valence-electron chi connectivity index (χ4n) is 5.10. The van der Waals surface area contributed by atoms with Gasteiger partial charge < -0.3 is 9.47 Å². The molecule has 0 radical (unpaired) electrons. The van der Waals surface area contributed by atoms with Crippen molar-refractivity contribution in [2.45, 2.75) is 19.6 Å². The summed E-state index contributed by atoms with van der Waals surface area (Å²) in [4.78, 5) is 33.2. The van der Waals surface area contributed by atoms with Gasteiger partial charge in [-0.05, 0) is 61.0 Å². The van der Waals surface area contributed by atoms with Crippen molar-refractivity contribution in [1.82, 2.24) is 4.57 Å². The Morgan fingerprint density at radius 1 is 0.913 bits per heavy atom. The van der Waals surface area contributed by atoms with Crippen LogP contribution in [-0.2, 0) is 16.1 Å². The minimum Gasteiger partial charge on any atom is -0.488 e. The molecule has 0 fully saturated rings. The third kappa shape index (κ3) is 6.66. The lowest BCUT2D eigenvalue weighted by molar-refractivity contribution is -0.138. The maximum absolute atomic E-state index is 14.3. The zero-order chi connectivity index (χ0) is 32.4.